The largest absolute Gasteiger partial charge is 0.326 e. The molecule has 5 heteroatoms. The molecule has 0 spiro atoms. The van der Waals surface area contributed by atoms with Crippen molar-refractivity contribution in [3.8, 4) is 0 Å². The average molecular weight is 265 g/mol. The maximum Gasteiger partial charge on any atom is 0.138 e. The molecule has 0 bridgehead atoms. The van der Waals surface area contributed by atoms with E-state index in [1.165, 1.54) is 32.4 Å². The van der Waals surface area contributed by atoms with Crippen molar-refractivity contribution in [1.29, 1.82) is 0 Å². The topological polar surface area (TPSA) is 60.0 Å². The van der Waals surface area contributed by atoms with Crippen LogP contribution in [0.3, 0.4) is 0 Å². The van der Waals surface area contributed by atoms with Crippen LogP contribution in [0.5, 0.6) is 0 Å². The van der Waals surface area contributed by atoms with Crippen LogP contribution in [0.4, 0.5) is 0 Å². The molecule has 2 N–H and O–H groups in total. The Morgan fingerprint density at radius 1 is 1.32 bits per heavy atom. The Bertz CT molecular complexity index is 392. The number of rotatable bonds is 5. The Morgan fingerprint density at radius 2 is 2.00 bits per heavy atom. The van der Waals surface area contributed by atoms with Crippen LogP contribution in [0.1, 0.15) is 45.9 Å². The van der Waals surface area contributed by atoms with Gasteiger partial charge in [0.25, 0.3) is 0 Å². The van der Waals surface area contributed by atoms with E-state index in [9.17, 15) is 0 Å². The van der Waals surface area contributed by atoms with Crippen molar-refractivity contribution in [2.75, 3.05) is 13.1 Å². The zero-order valence-electron chi connectivity index (χ0n) is 12.5. The fourth-order valence-corrected chi connectivity index (χ4v) is 2.86. The van der Waals surface area contributed by atoms with Gasteiger partial charge in [0.2, 0.25) is 0 Å². The summed E-state index contributed by atoms with van der Waals surface area (Å²) in [5.74, 6) is 1.00. The molecule has 2 rings (SSSR count). The Kier molecular flexibility index (Phi) is 4.58. The minimum atomic E-state index is 0.0188. The summed E-state index contributed by atoms with van der Waals surface area (Å²) in [4.78, 5) is 6.87. The fourth-order valence-electron chi connectivity index (χ4n) is 2.86. The molecule has 1 atom stereocenters. The van der Waals surface area contributed by atoms with Crippen molar-refractivity contribution in [3.63, 3.8) is 0 Å². The van der Waals surface area contributed by atoms with E-state index < -0.39 is 0 Å². The van der Waals surface area contributed by atoms with Crippen LogP contribution >= 0.6 is 0 Å². The van der Waals surface area contributed by atoms with Crippen molar-refractivity contribution in [2.24, 2.45) is 5.73 Å². The number of piperidine rings is 1. The summed E-state index contributed by atoms with van der Waals surface area (Å²) in [7, 11) is 0. The summed E-state index contributed by atoms with van der Waals surface area (Å²) < 4.78 is 1.94. The summed E-state index contributed by atoms with van der Waals surface area (Å²) in [6.45, 7) is 9.79. The van der Waals surface area contributed by atoms with E-state index in [0.29, 0.717) is 0 Å². The molecule has 1 aliphatic rings. The van der Waals surface area contributed by atoms with Gasteiger partial charge in [-0.25, -0.2) is 4.98 Å². The van der Waals surface area contributed by atoms with Gasteiger partial charge in [0.05, 0.1) is 0 Å². The molecule has 0 amide bonds. The molecule has 19 heavy (non-hydrogen) atoms. The second-order valence-corrected chi connectivity index (χ2v) is 6.00. The average Bonchev–Trinajstić information content (AvgIpc) is 2.87. The predicted molar refractivity (Wildman–Crippen MR) is 76.9 cm³/mol. The third kappa shape index (κ3) is 3.15. The molecule has 1 unspecified atom stereocenters. The molecule has 1 aromatic heterocycles. The van der Waals surface area contributed by atoms with Crippen LogP contribution in [0.25, 0.3) is 0 Å². The van der Waals surface area contributed by atoms with E-state index in [0.717, 1.165) is 18.8 Å². The van der Waals surface area contributed by atoms with Crippen LogP contribution in [-0.4, -0.2) is 44.3 Å². The number of nitrogens with two attached hydrogens (primary N) is 1. The first-order valence-electron chi connectivity index (χ1n) is 7.43. The molecule has 1 saturated heterocycles. The van der Waals surface area contributed by atoms with Gasteiger partial charge in [-0.1, -0.05) is 6.42 Å². The molecule has 1 fully saturated rings. The first kappa shape index (κ1) is 14.5. The van der Waals surface area contributed by atoms with E-state index in [1.807, 2.05) is 4.68 Å². The summed E-state index contributed by atoms with van der Waals surface area (Å²) >= 11 is 0. The van der Waals surface area contributed by atoms with Gasteiger partial charge >= 0.3 is 0 Å². The lowest BCUT2D eigenvalue weighted by molar-refractivity contribution is 0.0723. The molecule has 5 nitrogen and oxygen atoms in total. The van der Waals surface area contributed by atoms with Gasteiger partial charge in [-0.15, -0.1) is 0 Å². The van der Waals surface area contributed by atoms with Crippen molar-refractivity contribution in [1.82, 2.24) is 19.7 Å². The number of nitrogens with zero attached hydrogens (tertiary/aromatic N) is 4. The van der Waals surface area contributed by atoms with E-state index >= 15 is 0 Å². The molecule has 1 aliphatic heterocycles. The van der Waals surface area contributed by atoms with Crippen LogP contribution in [-0.2, 0) is 13.0 Å². The summed E-state index contributed by atoms with van der Waals surface area (Å²) in [6.07, 6.45) is 6.35. The highest BCUT2D eigenvalue weighted by Crippen LogP contribution is 2.24. The standard InChI is InChI=1S/C14H27N5/c1-4-19-13(16-11-17-19)10-12(15)14(2,3)18-8-6-5-7-9-18/h11-12H,4-10,15H2,1-3H3. The normalized spacial score (nSPS) is 19.6. The van der Waals surface area contributed by atoms with Gasteiger partial charge in [0, 0.05) is 24.5 Å². The van der Waals surface area contributed by atoms with E-state index in [2.05, 4.69) is 35.8 Å². The second-order valence-electron chi connectivity index (χ2n) is 6.00. The number of aromatic nitrogens is 3. The Labute approximate surface area is 116 Å². The molecule has 108 valence electrons. The number of likely N-dealkylation sites (tertiary alicyclic amines) is 1. The van der Waals surface area contributed by atoms with Gasteiger partial charge in [-0.05, 0) is 46.7 Å². The van der Waals surface area contributed by atoms with Crippen LogP contribution in [0.2, 0.25) is 0 Å². The zero-order valence-corrected chi connectivity index (χ0v) is 12.5. The third-order valence-corrected chi connectivity index (χ3v) is 4.48. The first-order valence-corrected chi connectivity index (χ1v) is 7.43. The van der Waals surface area contributed by atoms with Gasteiger partial charge < -0.3 is 5.73 Å². The van der Waals surface area contributed by atoms with E-state index in [4.69, 9.17) is 5.73 Å². The Balaban J connectivity index is 2.03. The smallest absolute Gasteiger partial charge is 0.138 e. The molecule has 0 saturated carbocycles. The Morgan fingerprint density at radius 3 is 2.63 bits per heavy atom. The SMILES string of the molecule is CCn1ncnc1CC(N)C(C)(C)N1CCCCC1. The summed E-state index contributed by atoms with van der Waals surface area (Å²) in [6, 6.07) is 0.0834. The fraction of sp³-hybridized carbons (Fsp3) is 0.857. The predicted octanol–water partition coefficient (Wildman–Crippen LogP) is 1.43. The van der Waals surface area contributed by atoms with Gasteiger partial charge in [0.1, 0.15) is 12.2 Å². The maximum atomic E-state index is 6.47. The van der Waals surface area contributed by atoms with Gasteiger partial charge in [-0.3, -0.25) is 9.58 Å². The monoisotopic (exact) mass is 265 g/mol. The summed E-state index contributed by atoms with van der Waals surface area (Å²) in [5.41, 5.74) is 6.49. The molecular weight excluding hydrogens is 238 g/mol. The van der Waals surface area contributed by atoms with Crippen molar-refractivity contribution in [3.05, 3.63) is 12.2 Å². The van der Waals surface area contributed by atoms with Crippen molar-refractivity contribution in [2.45, 2.75) is 64.6 Å². The van der Waals surface area contributed by atoms with Crippen molar-refractivity contribution >= 4 is 0 Å². The van der Waals surface area contributed by atoms with E-state index in [1.54, 1.807) is 6.33 Å². The van der Waals surface area contributed by atoms with Gasteiger partial charge in [-0.2, -0.15) is 5.10 Å². The zero-order chi connectivity index (χ0) is 13.9. The molecule has 1 aromatic rings. The first-order chi connectivity index (χ1) is 9.05. The van der Waals surface area contributed by atoms with Crippen LogP contribution < -0.4 is 5.73 Å². The lowest BCUT2D eigenvalue weighted by Crippen LogP contribution is -2.58. The maximum absolute atomic E-state index is 6.47. The highest BCUT2D eigenvalue weighted by molar-refractivity contribution is 4.99. The minimum Gasteiger partial charge on any atom is -0.326 e. The molecule has 0 aliphatic carbocycles. The summed E-state index contributed by atoms with van der Waals surface area (Å²) in [5, 5.41) is 4.22. The lowest BCUT2D eigenvalue weighted by Gasteiger charge is -2.44. The molecule has 0 radical (unpaired) electrons. The van der Waals surface area contributed by atoms with E-state index in [-0.39, 0.29) is 11.6 Å². The van der Waals surface area contributed by atoms with Crippen LogP contribution in [0.15, 0.2) is 6.33 Å². The number of hydrogen-bond acceptors (Lipinski definition) is 4. The highest BCUT2D eigenvalue weighted by Gasteiger charge is 2.34. The van der Waals surface area contributed by atoms with Crippen molar-refractivity contribution < 1.29 is 0 Å². The Hall–Kier alpha value is -0.940. The minimum absolute atomic E-state index is 0.0188. The molecule has 0 aromatic carbocycles. The molecule has 2 heterocycles. The van der Waals surface area contributed by atoms with Gasteiger partial charge in [0.15, 0.2) is 0 Å². The quantitative estimate of drug-likeness (QED) is 0.875. The number of hydrogen-bond donors (Lipinski definition) is 1. The lowest BCUT2D eigenvalue weighted by atomic mass is 9.88. The molecular formula is C14H27N5. The highest BCUT2D eigenvalue weighted by atomic mass is 15.3. The number of aryl methyl sites for hydroxylation is 1. The third-order valence-electron chi connectivity index (χ3n) is 4.48. The second kappa shape index (κ2) is 6.01. The van der Waals surface area contributed by atoms with Crippen LogP contribution in [0, 0.1) is 0 Å².